The van der Waals surface area contributed by atoms with E-state index in [0.29, 0.717) is 28.0 Å². The largest absolute Gasteiger partial charge is 0.352 e. The van der Waals surface area contributed by atoms with Gasteiger partial charge in [0.2, 0.25) is 5.95 Å². The molecular formula is C17H20Cl2N4. The van der Waals surface area contributed by atoms with Gasteiger partial charge in [0.15, 0.2) is 0 Å². The first-order valence-electron chi connectivity index (χ1n) is 7.93. The molecule has 3 rings (SSSR count). The third-order valence-electron chi connectivity index (χ3n) is 3.94. The van der Waals surface area contributed by atoms with Crippen molar-refractivity contribution in [3.05, 3.63) is 40.0 Å². The summed E-state index contributed by atoms with van der Waals surface area (Å²) in [4.78, 5) is 9.21. The van der Waals surface area contributed by atoms with Crippen molar-refractivity contribution in [2.45, 2.75) is 45.1 Å². The topological polar surface area (TPSA) is 49.8 Å². The first kappa shape index (κ1) is 16.3. The van der Waals surface area contributed by atoms with Gasteiger partial charge in [-0.15, -0.1) is 0 Å². The summed E-state index contributed by atoms with van der Waals surface area (Å²) in [6, 6.07) is 7.83. The molecule has 0 saturated heterocycles. The molecular weight excluding hydrogens is 331 g/mol. The molecule has 4 nitrogen and oxygen atoms in total. The van der Waals surface area contributed by atoms with Crippen LogP contribution in [0.5, 0.6) is 0 Å². The fraction of sp³-hybridized carbons (Fsp3) is 0.412. The van der Waals surface area contributed by atoms with Crippen LogP contribution in [0.3, 0.4) is 0 Å². The van der Waals surface area contributed by atoms with E-state index >= 15 is 0 Å². The van der Waals surface area contributed by atoms with E-state index in [1.807, 2.05) is 18.2 Å². The number of nitrogens with zero attached hydrogens (tertiary/aromatic N) is 2. The number of benzene rings is 1. The molecule has 0 radical (unpaired) electrons. The summed E-state index contributed by atoms with van der Waals surface area (Å²) in [7, 11) is 0. The Balaban J connectivity index is 1.89. The van der Waals surface area contributed by atoms with Crippen LogP contribution in [0.4, 0.5) is 17.5 Å². The molecule has 2 aromatic rings. The maximum absolute atomic E-state index is 6.25. The Labute approximate surface area is 146 Å². The van der Waals surface area contributed by atoms with Crippen LogP contribution < -0.4 is 10.6 Å². The molecule has 1 atom stereocenters. The van der Waals surface area contributed by atoms with E-state index in [1.54, 1.807) is 6.07 Å². The minimum absolute atomic E-state index is 0.326. The lowest BCUT2D eigenvalue weighted by atomic mass is 10.2. The van der Waals surface area contributed by atoms with E-state index in [2.05, 4.69) is 34.4 Å². The molecule has 0 amide bonds. The highest BCUT2D eigenvalue weighted by molar-refractivity contribution is 6.43. The standard InChI is InChI=1S/C17H20Cl2N4/c1-3-10(2)20-17-22-14(11-7-8-11)9-15(23-17)21-13-6-4-5-12(18)16(13)19/h4-6,9-11H,3,7-8H2,1-2H3,(H2,20,21,22,23)/t10-/m0/s1. The van der Waals surface area contributed by atoms with Gasteiger partial charge in [0.05, 0.1) is 21.4 Å². The second-order valence-electron chi connectivity index (χ2n) is 5.96. The van der Waals surface area contributed by atoms with Crippen molar-refractivity contribution in [2.24, 2.45) is 0 Å². The quantitative estimate of drug-likeness (QED) is 0.710. The van der Waals surface area contributed by atoms with Gasteiger partial charge in [-0.2, -0.15) is 4.98 Å². The predicted molar refractivity (Wildman–Crippen MR) is 97.1 cm³/mol. The van der Waals surface area contributed by atoms with Gasteiger partial charge in [-0.05, 0) is 38.3 Å². The van der Waals surface area contributed by atoms with Crippen molar-refractivity contribution in [2.75, 3.05) is 10.6 Å². The predicted octanol–water partition coefficient (Wildman–Crippen LogP) is 5.61. The zero-order valence-corrected chi connectivity index (χ0v) is 14.7. The van der Waals surface area contributed by atoms with Gasteiger partial charge in [0, 0.05) is 18.0 Å². The molecule has 1 saturated carbocycles. The lowest BCUT2D eigenvalue weighted by molar-refractivity contribution is 0.750. The summed E-state index contributed by atoms with van der Waals surface area (Å²) in [5.41, 5.74) is 1.82. The molecule has 6 heteroatoms. The number of halogens is 2. The third kappa shape index (κ3) is 4.06. The van der Waals surface area contributed by atoms with Crippen molar-refractivity contribution in [3.8, 4) is 0 Å². The van der Waals surface area contributed by atoms with Gasteiger partial charge in [-0.3, -0.25) is 0 Å². The molecule has 0 spiro atoms. The molecule has 1 aliphatic carbocycles. The Hall–Kier alpha value is -1.52. The Morgan fingerprint density at radius 1 is 1.26 bits per heavy atom. The van der Waals surface area contributed by atoms with Gasteiger partial charge in [0.1, 0.15) is 5.82 Å². The molecule has 23 heavy (non-hydrogen) atoms. The van der Waals surface area contributed by atoms with Crippen LogP contribution in [0.15, 0.2) is 24.3 Å². The summed E-state index contributed by atoms with van der Waals surface area (Å²) in [6.45, 7) is 4.25. The van der Waals surface area contributed by atoms with Crippen molar-refractivity contribution >= 4 is 40.7 Å². The van der Waals surface area contributed by atoms with E-state index < -0.39 is 0 Å². The molecule has 0 bridgehead atoms. The summed E-state index contributed by atoms with van der Waals surface area (Å²) in [6.07, 6.45) is 3.40. The van der Waals surface area contributed by atoms with Gasteiger partial charge in [0.25, 0.3) is 0 Å². The number of nitrogens with one attached hydrogen (secondary N) is 2. The molecule has 1 aromatic carbocycles. The number of rotatable bonds is 6. The van der Waals surface area contributed by atoms with E-state index in [0.717, 1.165) is 23.6 Å². The molecule has 2 N–H and O–H groups in total. The first-order chi connectivity index (χ1) is 11.1. The average Bonchev–Trinajstić information content (AvgIpc) is 3.36. The van der Waals surface area contributed by atoms with Crippen LogP contribution in [0.25, 0.3) is 0 Å². The Morgan fingerprint density at radius 2 is 2.04 bits per heavy atom. The monoisotopic (exact) mass is 350 g/mol. The Morgan fingerprint density at radius 3 is 2.74 bits per heavy atom. The second kappa shape index (κ2) is 6.93. The van der Waals surface area contributed by atoms with E-state index in [-0.39, 0.29) is 0 Å². The maximum Gasteiger partial charge on any atom is 0.225 e. The number of hydrogen-bond donors (Lipinski definition) is 2. The van der Waals surface area contributed by atoms with Crippen molar-refractivity contribution in [3.63, 3.8) is 0 Å². The lowest BCUT2D eigenvalue weighted by Crippen LogP contribution is -2.16. The summed E-state index contributed by atoms with van der Waals surface area (Å²) >= 11 is 12.3. The van der Waals surface area contributed by atoms with Gasteiger partial charge in [-0.25, -0.2) is 4.98 Å². The van der Waals surface area contributed by atoms with Crippen LogP contribution >= 0.6 is 23.2 Å². The highest BCUT2D eigenvalue weighted by Gasteiger charge is 2.26. The van der Waals surface area contributed by atoms with Crippen molar-refractivity contribution in [1.82, 2.24) is 9.97 Å². The molecule has 0 aliphatic heterocycles. The number of anilines is 3. The molecule has 0 unspecified atom stereocenters. The summed E-state index contributed by atoms with van der Waals surface area (Å²) < 4.78 is 0. The second-order valence-corrected chi connectivity index (χ2v) is 6.74. The van der Waals surface area contributed by atoms with Crippen LogP contribution in [0, 0.1) is 0 Å². The number of aromatic nitrogens is 2. The first-order valence-corrected chi connectivity index (χ1v) is 8.69. The van der Waals surface area contributed by atoms with E-state index in [9.17, 15) is 0 Å². The molecule has 1 aromatic heterocycles. The SMILES string of the molecule is CC[C@H](C)Nc1nc(Nc2cccc(Cl)c2Cl)cc(C2CC2)n1. The Kier molecular flexibility index (Phi) is 4.93. The average molecular weight is 351 g/mol. The maximum atomic E-state index is 6.25. The van der Waals surface area contributed by atoms with E-state index in [4.69, 9.17) is 23.2 Å². The lowest BCUT2D eigenvalue weighted by Gasteiger charge is -2.15. The van der Waals surface area contributed by atoms with Gasteiger partial charge >= 0.3 is 0 Å². The minimum atomic E-state index is 0.326. The normalized spacial score (nSPS) is 15.3. The fourth-order valence-corrected chi connectivity index (χ4v) is 2.59. The molecule has 1 fully saturated rings. The Bertz CT molecular complexity index is 701. The molecule has 122 valence electrons. The zero-order valence-electron chi connectivity index (χ0n) is 13.2. The molecule has 1 heterocycles. The fourth-order valence-electron chi connectivity index (χ4n) is 2.24. The highest BCUT2D eigenvalue weighted by Crippen LogP contribution is 2.40. The van der Waals surface area contributed by atoms with Gasteiger partial charge in [-0.1, -0.05) is 36.2 Å². The summed E-state index contributed by atoms with van der Waals surface area (Å²) in [5, 5.41) is 7.62. The van der Waals surface area contributed by atoms with E-state index in [1.165, 1.54) is 12.8 Å². The number of hydrogen-bond acceptors (Lipinski definition) is 4. The van der Waals surface area contributed by atoms with Crippen LogP contribution in [-0.2, 0) is 0 Å². The van der Waals surface area contributed by atoms with Crippen LogP contribution in [-0.4, -0.2) is 16.0 Å². The summed E-state index contributed by atoms with van der Waals surface area (Å²) in [5.74, 6) is 1.94. The van der Waals surface area contributed by atoms with Crippen LogP contribution in [0.2, 0.25) is 10.0 Å². The highest BCUT2D eigenvalue weighted by atomic mass is 35.5. The molecule has 1 aliphatic rings. The smallest absolute Gasteiger partial charge is 0.225 e. The third-order valence-corrected chi connectivity index (χ3v) is 4.76. The van der Waals surface area contributed by atoms with Crippen molar-refractivity contribution in [1.29, 1.82) is 0 Å². The van der Waals surface area contributed by atoms with Gasteiger partial charge < -0.3 is 10.6 Å². The zero-order chi connectivity index (χ0) is 16.4. The minimum Gasteiger partial charge on any atom is -0.352 e. The van der Waals surface area contributed by atoms with Crippen molar-refractivity contribution < 1.29 is 0 Å². The van der Waals surface area contributed by atoms with Crippen LogP contribution in [0.1, 0.15) is 44.7 Å².